The van der Waals surface area contributed by atoms with Gasteiger partial charge in [0.2, 0.25) is 0 Å². The molecule has 0 atom stereocenters. The van der Waals surface area contributed by atoms with Gasteiger partial charge in [0.1, 0.15) is 0 Å². The second-order valence-corrected chi connectivity index (χ2v) is 2.29. The Hall–Kier alpha value is -1.17. The molecule has 0 fully saturated rings. The third kappa shape index (κ3) is 1.41. The number of carbonyl (C=O) groups is 1. The van der Waals surface area contributed by atoms with Crippen molar-refractivity contribution < 1.29 is 9.72 Å². The molecule has 10 heavy (non-hydrogen) atoms. The topological polar surface area (TPSA) is 98.3 Å². The Morgan fingerprint density at radius 1 is 1.70 bits per heavy atom. The van der Waals surface area contributed by atoms with Gasteiger partial charge in [0.15, 0.2) is 0 Å². The molecule has 1 amide bonds. The largest absolute Gasteiger partial charge is 0.311 e. The van der Waals surface area contributed by atoms with Gasteiger partial charge in [0.05, 0.1) is 0 Å². The molecule has 0 unspecified atom stereocenters. The molecule has 0 rings (SSSR count). The van der Waals surface area contributed by atoms with E-state index in [0.29, 0.717) is 0 Å². The van der Waals surface area contributed by atoms with Gasteiger partial charge in [-0.15, -0.1) is 0 Å². The van der Waals surface area contributed by atoms with E-state index in [-0.39, 0.29) is 0 Å². The summed E-state index contributed by atoms with van der Waals surface area (Å²) in [6, 6.07) is 0. The van der Waals surface area contributed by atoms with Crippen molar-refractivity contribution >= 4 is 5.91 Å². The van der Waals surface area contributed by atoms with Gasteiger partial charge in [0, 0.05) is 18.8 Å². The van der Waals surface area contributed by atoms with Crippen molar-refractivity contribution in [1.29, 1.82) is 0 Å². The zero-order valence-corrected chi connectivity index (χ0v) is 5.75. The fraction of sp³-hybridized carbons (Fsp3) is 0.750. The molecule has 0 heterocycles. The Labute approximate surface area is 57.5 Å². The molecular weight excluding hydrogens is 138 g/mol. The molecular formula is C4H9N3O3. The van der Waals surface area contributed by atoms with Crippen molar-refractivity contribution in [2.45, 2.75) is 19.4 Å². The zero-order valence-electron chi connectivity index (χ0n) is 5.75. The summed E-state index contributed by atoms with van der Waals surface area (Å²) in [4.78, 5) is 20.0. The predicted octanol–water partition coefficient (Wildman–Crippen LogP) is -0.968. The van der Waals surface area contributed by atoms with Crippen LogP contribution in [-0.2, 0) is 4.79 Å². The Morgan fingerprint density at radius 3 is 2.20 bits per heavy atom. The number of nitrogens with two attached hydrogens (primary N) is 1. The molecule has 0 aliphatic heterocycles. The second kappa shape index (κ2) is 2.61. The molecule has 0 saturated heterocycles. The standard InChI is InChI=1S/C4H9N3O3/c1-4(2,7(9)10)3(8)6-5/h5H2,1-2H3,(H,6,8). The summed E-state index contributed by atoms with van der Waals surface area (Å²) in [6.45, 7) is 2.35. The van der Waals surface area contributed by atoms with Crippen LogP contribution in [0.4, 0.5) is 0 Å². The van der Waals surface area contributed by atoms with Crippen LogP contribution < -0.4 is 11.3 Å². The molecule has 3 N–H and O–H groups in total. The first-order chi connectivity index (χ1) is 4.42. The van der Waals surface area contributed by atoms with Crippen LogP contribution in [0.25, 0.3) is 0 Å². The zero-order chi connectivity index (χ0) is 8.36. The number of nitro groups is 1. The van der Waals surface area contributed by atoms with Gasteiger partial charge in [-0.25, -0.2) is 5.84 Å². The lowest BCUT2D eigenvalue weighted by Gasteiger charge is -2.11. The molecule has 0 saturated carbocycles. The molecule has 58 valence electrons. The van der Waals surface area contributed by atoms with Crippen LogP contribution in [0.5, 0.6) is 0 Å². The number of amides is 1. The number of carbonyl (C=O) groups excluding carboxylic acids is 1. The number of hydrazine groups is 1. The van der Waals surface area contributed by atoms with E-state index in [9.17, 15) is 14.9 Å². The number of rotatable bonds is 2. The number of hydrogen-bond donors (Lipinski definition) is 2. The van der Waals surface area contributed by atoms with E-state index >= 15 is 0 Å². The number of nitrogens with one attached hydrogen (secondary N) is 1. The minimum Gasteiger partial charge on any atom is -0.288 e. The van der Waals surface area contributed by atoms with E-state index in [1.165, 1.54) is 13.8 Å². The van der Waals surface area contributed by atoms with E-state index in [2.05, 4.69) is 0 Å². The maximum atomic E-state index is 10.6. The molecule has 0 aromatic heterocycles. The van der Waals surface area contributed by atoms with E-state index in [1.807, 2.05) is 0 Å². The summed E-state index contributed by atoms with van der Waals surface area (Å²) in [6.07, 6.45) is 0. The summed E-state index contributed by atoms with van der Waals surface area (Å²) < 4.78 is 0. The van der Waals surface area contributed by atoms with Gasteiger partial charge in [0.25, 0.3) is 5.54 Å². The second-order valence-electron chi connectivity index (χ2n) is 2.29. The fourth-order valence-electron chi connectivity index (χ4n) is 0.260. The van der Waals surface area contributed by atoms with Crippen LogP contribution in [-0.4, -0.2) is 16.4 Å². The van der Waals surface area contributed by atoms with E-state index in [1.54, 1.807) is 5.43 Å². The third-order valence-electron chi connectivity index (χ3n) is 1.14. The SMILES string of the molecule is CC(C)(C(=O)NN)[N+](=O)[O-]. The first kappa shape index (κ1) is 8.83. The molecule has 0 aliphatic rings. The van der Waals surface area contributed by atoms with Crippen molar-refractivity contribution in [3.05, 3.63) is 10.1 Å². The quantitative estimate of drug-likeness (QED) is 0.227. The van der Waals surface area contributed by atoms with Crippen molar-refractivity contribution in [2.75, 3.05) is 0 Å². The Balaban J connectivity index is 4.40. The highest BCUT2D eigenvalue weighted by Gasteiger charge is 2.39. The van der Waals surface area contributed by atoms with Gasteiger partial charge in [-0.3, -0.25) is 20.3 Å². The smallest absolute Gasteiger partial charge is 0.288 e. The summed E-state index contributed by atoms with van der Waals surface area (Å²) in [7, 11) is 0. The van der Waals surface area contributed by atoms with Crippen molar-refractivity contribution in [3.63, 3.8) is 0 Å². The maximum Gasteiger partial charge on any atom is 0.311 e. The van der Waals surface area contributed by atoms with E-state index < -0.39 is 16.4 Å². The maximum absolute atomic E-state index is 10.6. The predicted molar refractivity (Wildman–Crippen MR) is 33.4 cm³/mol. The highest BCUT2D eigenvalue weighted by atomic mass is 16.6. The van der Waals surface area contributed by atoms with Gasteiger partial charge in [-0.1, -0.05) is 0 Å². The molecule has 0 radical (unpaired) electrons. The molecule has 0 bridgehead atoms. The normalized spacial score (nSPS) is 10.7. The van der Waals surface area contributed by atoms with Gasteiger partial charge >= 0.3 is 5.91 Å². The molecule has 6 nitrogen and oxygen atoms in total. The van der Waals surface area contributed by atoms with Gasteiger partial charge in [-0.2, -0.15) is 0 Å². The Bertz CT molecular complexity index is 165. The van der Waals surface area contributed by atoms with Gasteiger partial charge < -0.3 is 0 Å². The van der Waals surface area contributed by atoms with Crippen LogP contribution in [0.1, 0.15) is 13.8 Å². The highest BCUT2D eigenvalue weighted by Crippen LogP contribution is 2.05. The average molecular weight is 147 g/mol. The monoisotopic (exact) mass is 147 g/mol. The Kier molecular flexibility index (Phi) is 2.30. The molecule has 6 heteroatoms. The highest BCUT2D eigenvalue weighted by molar-refractivity contribution is 5.83. The summed E-state index contributed by atoms with van der Waals surface area (Å²) in [5.41, 5.74) is 0.0619. The van der Waals surface area contributed by atoms with Crippen LogP contribution >= 0.6 is 0 Å². The fourth-order valence-corrected chi connectivity index (χ4v) is 0.260. The minimum absolute atomic E-state index is 0.699. The third-order valence-corrected chi connectivity index (χ3v) is 1.14. The lowest BCUT2D eigenvalue weighted by atomic mass is 10.1. The minimum atomic E-state index is -1.64. The molecule has 0 spiro atoms. The summed E-state index contributed by atoms with van der Waals surface area (Å²) in [5, 5.41) is 10.1. The molecule has 0 aliphatic carbocycles. The van der Waals surface area contributed by atoms with Crippen molar-refractivity contribution in [2.24, 2.45) is 5.84 Å². The lowest BCUT2D eigenvalue weighted by molar-refractivity contribution is -0.543. The first-order valence-electron chi connectivity index (χ1n) is 2.58. The summed E-state index contributed by atoms with van der Waals surface area (Å²) in [5.74, 6) is 3.88. The molecule has 0 aromatic carbocycles. The van der Waals surface area contributed by atoms with Gasteiger partial charge in [-0.05, 0) is 0 Å². The van der Waals surface area contributed by atoms with Crippen LogP contribution in [0.2, 0.25) is 0 Å². The average Bonchev–Trinajstić information content (AvgIpc) is 1.86. The van der Waals surface area contributed by atoms with Crippen LogP contribution in [0.15, 0.2) is 0 Å². The first-order valence-corrected chi connectivity index (χ1v) is 2.58. The van der Waals surface area contributed by atoms with Crippen molar-refractivity contribution in [1.82, 2.24) is 5.43 Å². The van der Waals surface area contributed by atoms with Crippen LogP contribution in [0.3, 0.4) is 0 Å². The van der Waals surface area contributed by atoms with E-state index in [0.717, 1.165) is 0 Å². The number of hydrogen-bond acceptors (Lipinski definition) is 4. The lowest BCUT2D eigenvalue weighted by Crippen LogP contribution is -2.50. The van der Waals surface area contributed by atoms with E-state index in [4.69, 9.17) is 5.84 Å². The van der Waals surface area contributed by atoms with Crippen LogP contribution in [0, 0.1) is 10.1 Å². The molecule has 0 aromatic rings. The van der Waals surface area contributed by atoms with Crippen molar-refractivity contribution in [3.8, 4) is 0 Å². The number of nitrogens with zero attached hydrogens (tertiary/aromatic N) is 1. The Morgan fingerprint density at radius 2 is 2.10 bits per heavy atom. The summed E-state index contributed by atoms with van der Waals surface area (Å²) >= 11 is 0.